The second kappa shape index (κ2) is 8.06. The van der Waals surface area contributed by atoms with Gasteiger partial charge < -0.3 is 15.4 Å². The highest BCUT2D eigenvalue weighted by Crippen LogP contribution is 2.31. The fourth-order valence-electron chi connectivity index (χ4n) is 2.84. The molecule has 0 fully saturated rings. The minimum absolute atomic E-state index is 0.153. The Morgan fingerprint density at radius 2 is 2.11 bits per heavy atom. The molecule has 0 aliphatic carbocycles. The van der Waals surface area contributed by atoms with Gasteiger partial charge in [0.25, 0.3) is 0 Å². The third-order valence-corrected chi connectivity index (χ3v) is 4.28. The van der Waals surface area contributed by atoms with Gasteiger partial charge in [-0.25, -0.2) is 9.37 Å². The van der Waals surface area contributed by atoms with E-state index in [-0.39, 0.29) is 18.2 Å². The van der Waals surface area contributed by atoms with Crippen molar-refractivity contribution < 1.29 is 9.13 Å². The molecule has 7 nitrogen and oxygen atoms in total. The number of nitriles is 1. The molecule has 8 heteroatoms. The van der Waals surface area contributed by atoms with Crippen molar-refractivity contribution in [2.24, 2.45) is 0 Å². The summed E-state index contributed by atoms with van der Waals surface area (Å²) in [6, 6.07) is 8.38. The van der Waals surface area contributed by atoms with Crippen LogP contribution in [-0.2, 0) is 13.2 Å². The zero-order valence-corrected chi connectivity index (χ0v) is 16.0. The van der Waals surface area contributed by atoms with E-state index in [0.717, 1.165) is 16.8 Å². The van der Waals surface area contributed by atoms with Crippen LogP contribution in [0.4, 0.5) is 10.2 Å². The molecule has 2 aromatic heterocycles. The van der Waals surface area contributed by atoms with Gasteiger partial charge in [-0.2, -0.15) is 10.4 Å². The molecule has 0 bridgehead atoms. The summed E-state index contributed by atoms with van der Waals surface area (Å²) in [7, 11) is 3.84. The molecule has 3 N–H and O–H groups in total. The summed E-state index contributed by atoms with van der Waals surface area (Å²) in [6.45, 7) is 2.59. The molecule has 1 aromatic carbocycles. The molecule has 0 saturated heterocycles. The summed E-state index contributed by atoms with van der Waals surface area (Å²) in [5.41, 5.74) is 9.99. The Kier molecular flexibility index (Phi) is 5.57. The Bertz CT molecular complexity index is 1040. The average Bonchev–Trinajstić information content (AvgIpc) is 3.05. The Labute approximate surface area is 162 Å². The van der Waals surface area contributed by atoms with Gasteiger partial charge in [0, 0.05) is 23.9 Å². The van der Waals surface area contributed by atoms with Gasteiger partial charge in [-0.05, 0) is 50.3 Å². The molecule has 0 amide bonds. The lowest BCUT2D eigenvalue weighted by Gasteiger charge is -2.13. The molecule has 0 radical (unpaired) electrons. The van der Waals surface area contributed by atoms with Gasteiger partial charge in [0.1, 0.15) is 24.2 Å². The number of hydrogen-bond acceptors (Lipinski definition) is 6. The van der Waals surface area contributed by atoms with Crippen LogP contribution in [0.3, 0.4) is 0 Å². The van der Waals surface area contributed by atoms with Gasteiger partial charge in [-0.3, -0.25) is 5.10 Å². The Morgan fingerprint density at radius 3 is 2.82 bits per heavy atom. The standard InChI is InChI=1S/C20H21FN6O/c1-12-4-5-15(21)6-14(12)11-28-18-7-13(9-24-20(18)23)19-16(8-22)25-26-17(19)10-27(2)3/h4-7,9H,10-11H2,1-3H3,(H2,23,24)(H,25,26). The number of nitrogens with two attached hydrogens (primary N) is 1. The molecule has 0 aliphatic rings. The van der Waals surface area contributed by atoms with Crippen LogP contribution in [0.1, 0.15) is 22.5 Å². The largest absolute Gasteiger partial charge is 0.485 e. The zero-order valence-electron chi connectivity index (χ0n) is 16.0. The van der Waals surface area contributed by atoms with Gasteiger partial charge in [-0.15, -0.1) is 0 Å². The van der Waals surface area contributed by atoms with Crippen LogP contribution < -0.4 is 10.5 Å². The minimum atomic E-state index is -0.325. The summed E-state index contributed by atoms with van der Waals surface area (Å²) >= 11 is 0. The van der Waals surface area contributed by atoms with Crippen molar-refractivity contribution in [2.75, 3.05) is 19.8 Å². The lowest BCUT2D eigenvalue weighted by atomic mass is 10.0. The van der Waals surface area contributed by atoms with E-state index in [2.05, 4.69) is 21.3 Å². The van der Waals surface area contributed by atoms with E-state index >= 15 is 0 Å². The first-order valence-electron chi connectivity index (χ1n) is 8.64. The van der Waals surface area contributed by atoms with Crippen LogP contribution >= 0.6 is 0 Å². The first-order chi connectivity index (χ1) is 13.4. The van der Waals surface area contributed by atoms with Crippen molar-refractivity contribution in [3.8, 4) is 22.9 Å². The number of halogens is 1. The number of nitrogens with zero attached hydrogens (tertiary/aromatic N) is 4. The van der Waals surface area contributed by atoms with E-state index in [9.17, 15) is 9.65 Å². The maximum absolute atomic E-state index is 13.5. The fraction of sp³-hybridized carbons (Fsp3) is 0.250. The van der Waals surface area contributed by atoms with Crippen LogP contribution in [0.15, 0.2) is 30.5 Å². The SMILES string of the molecule is Cc1ccc(F)cc1COc1cc(-c2c(CN(C)C)n[nH]c2C#N)cnc1N. The van der Waals surface area contributed by atoms with E-state index in [1.807, 2.05) is 25.9 Å². The minimum Gasteiger partial charge on any atom is -0.485 e. The number of hydrogen-bond donors (Lipinski definition) is 2. The third-order valence-electron chi connectivity index (χ3n) is 4.28. The quantitative estimate of drug-likeness (QED) is 0.681. The highest BCUT2D eigenvalue weighted by Gasteiger charge is 2.18. The second-order valence-corrected chi connectivity index (χ2v) is 6.74. The maximum atomic E-state index is 13.5. The predicted molar refractivity (Wildman–Crippen MR) is 104 cm³/mol. The molecule has 0 unspecified atom stereocenters. The number of pyridine rings is 1. The summed E-state index contributed by atoms with van der Waals surface area (Å²) in [4.78, 5) is 6.15. The third kappa shape index (κ3) is 4.10. The van der Waals surface area contributed by atoms with Gasteiger partial charge in [0.05, 0.1) is 5.69 Å². The summed E-state index contributed by atoms with van der Waals surface area (Å²) in [5.74, 6) is 0.255. The topological polar surface area (TPSA) is 104 Å². The van der Waals surface area contributed by atoms with E-state index in [0.29, 0.717) is 29.1 Å². The number of nitrogens with one attached hydrogen (secondary N) is 1. The molecule has 0 saturated carbocycles. The molecular formula is C20H21FN6O. The number of aromatic nitrogens is 3. The molecule has 144 valence electrons. The summed E-state index contributed by atoms with van der Waals surface area (Å²) in [6.07, 6.45) is 1.58. The molecular weight excluding hydrogens is 359 g/mol. The number of nitrogen functional groups attached to an aromatic ring is 1. The first-order valence-corrected chi connectivity index (χ1v) is 8.64. The Morgan fingerprint density at radius 1 is 1.32 bits per heavy atom. The fourth-order valence-corrected chi connectivity index (χ4v) is 2.84. The molecule has 3 aromatic rings. The van der Waals surface area contributed by atoms with Crippen molar-refractivity contribution in [1.29, 1.82) is 5.26 Å². The smallest absolute Gasteiger partial charge is 0.166 e. The van der Waals surface area contributed by atoms with E-state index < -0.39 is 0 Å². The summed E-state index contributed by atoms with van der Waals surface area (Å²) in [5, 5.41) is 16.4. The molecule has 3 rings (SSSR count). The van der Waals surface area contributed by atoms with Crippen molar-refractivity contribution in [1.82, 2.24) is 20.1 Å². The van der Waals surface area contributed by atoms with Gasteiger partial charge >= 0.3 is 0 Å². The number of H-pyrrole nitrogens is 1. The lowest BCUT2D eigenvalue weighted by Crippen LogP contribution is -2.11. The van der Waals surface area contributed by atoms with Gasteiger partial charge in [0.2, 0.25) is 0 Å². The summed E-state index contributed by atoms with van der Waals surface area (Å²) < 4.78 is 19.3. The molecule has 0 spiro atoms. The number of ether oxygens (including phenoxy) is 1. The van der Waals surface area contributed by atoms with Crippen LogP contribution in [0.2, 0.25) is 0 Å². The zero-order chi connectivity index (χ0) is 20.3. The predicted octanol–water partition coefficient (Wildman–Crippen LogP) is 3.01. The second-order valence-electron chi connectivity index (χ2n) is 6.74. The number of rotatable bonds is 6. The molecule has 28 heavy (non-hydrogen) atoms. The van der Waals surface area contributed by atoms with E-state index in [1.165, 1.54) is 12.1 Å². The van der Waals surface area contributed by atoms with E-state index in [1.54, 1.807) is 18.3 Å². The number of aryl methyl sites for hydroxylation is 1. The highest BCUT2D eigenvalue weighted by molar-refractivity contribution is 5.73. The van der Waals surface area contributed by atoms with Gasteiger partial charge in [-0.1, -0.05) is 6.07 Å². The lowest BCUT2D eigenvalue weighted by molar-refractivity contribution is 0.305. The molecule has 0 atom stereocenters. The van der Waals surface area contributed by atoms with Crippen molar-refractivity contribution >= 4 is 5.82 Å². The number of aromatic amines is 1. The molecule has 2 heterocycles. The number of benzene rings is 1. The first kappa shape index (κ1) is 19.3. The van der Waals surface area contributed by atoms with Crippen molar-refractivity contribution in [2.45, 2.75) is 20.1 Å². The van der Waals surface area contributed by atoms with Crippen LogP contribution in [0, 0.1) is 24.1 Å². The maximum Gasteiger partial charge on any atom is 0.166 e. The van der Waals surface area contributed by atoms with Crippen molar-refractivity contribution in [3.63, 3.8) is 0 Å². The number of anilines is 1. The van der Waals surface area contributed by atoms with E-state index in [4.69, 9.17) is 10.5 Å². The van der Waals surface area contributed by atoms with Crippen LogP contribution in [-0.4, -0.2) is 34.2 Å². The normalized spacial score (nSPS) is 10.9. The highest BCUT2D eigenvalue weighted by atomic mass is 19.1. The van der Waals surface area contributed by atoms with Crippen molar-refractivity contribution in [3.05, 3.63) is 58.8 Å². The van der Waals surface area contributed by atoms with Gasteiger partial charge in [0.15, 0.2) is 11.6 Å². The monoisotopic (exact) mass is 380 g/mol. The van der Waals surface area contributed by atoms with Crippen LogP contribution in [0.5, 0.6) is 5.75 Å². The average molecular weight is 380 g/mol. The van der Waals surface area contributed by atoms with Crippen LogP contribution in [0.25, 0.3) is 11.1 Å². The Hall–Kier alpha value is -3.44. The Balaban J connectivity index is 1.93. The molecule has 0 aliphatic heterocycles.